The van der Waals surface area contributed by atoms with Crippen LogP contribution in [0.5, 0.6) is 0 Å². The summed E-state index contributed by atoms with van der Waals surface area (Å²) in [5, 5.41) is 4.50. The number of rotatable bonds is 8. The Labute approximate surface area is 160 Å². The fraction of sp³-hybridized carbons (Fsp3) is 0.333. The van der Waals surface area contributed by atoms with E-state index in [0.29, 0.717) is 16.9 Å². The van der Waals surface area contributed by atoms with Gasteiger partial charge in [-0.05, 0) is 37.3 Å². The van der Waals surface area contributed by atoms with Gasteiger partial charge in [-0.15, -0.1) is 0 Å². The van der Waals surface area contributed by atoms with Crippen molar-refractivity contribution >= 4 is 23.6 Å². The zero-order valence-electron chi connectivity index (χ0n) is 14.8. The van der Waals surface area contributed by atoms with Crippen LogP contribution >= 0.6 is 11.6 Å². The summed E-state index contributed by atoms with van der Waals surface area (Å²) in [4.78, 5) is 13.2. The molecule has 0 fully saturated rings. The Bertz CT molecular complexity index is 807. The fourth-order valence-electron chi connectivity index (χ4n) is 2.37. The van der Waals surface area contributed by atoms with Gasteiger partial charge in [-0.3, -0.25) is 4.79 Å². The lowest BCUT2D eigenvalue weighted by atomic mass is 10.2. The number of hydrogen-bond acceptors (Lipinski definition) is 3. The molecule has 0 aliphatic heterocycles. The van der Waals surface area contributed by atoms with Crippen molar-refractivity contribution in [3.05, 3.63) is 52.6 Å². The highest BCUT2D eigenvalue weighted by Gasteiger charge is 2.17. The number of methoxy groups -OCH3 is 1. The molecule has 0 aliphatic rings. The molecule has 0 saturated heterocycles. The maximum Gasteiger partial charge on any atom is 0.255 e. The van der Waals surface area contributed by atoms with Gasteiger partial charge in [0.15, 0.2) is 0 Å². The predicted octanol–water partition coefficient (Wildman–Crippen LogP) is 3.73. The second kappa shape index (κ2) is 9.57. The molecule has 2 rings (SSSR count). The summed E-state index contributed by atoms with van der Waals surface area (Å²) in [7, 11) is 1.42. The molecular weight excluding hydrogens is 383 g/mol. The highest BCUT2D eigenvalue weighted by molar-refractivity contribution is 6.31. The first-order chi connectivity index (χ1) is 12.8. The van der Waals surface area contributed by atoms with Crippen molar-refractivity contribution in [3.63, 3.8) is 0 Å². The third-order valence-corrected chi connectivity index (χ3v) is 4.11. The molecule has 0 atom stereocenters. The summed E-state index contributed by atoms with van der Waals surface area (Å²) in [5.74, 6) is -0.975. The van der Waals surface area contributed by atoms with E-state index in [1.807, 2.05) is 0 Å². The number of benzene rings is 1. The lowest BCUT2D eigenvalue weighted by molar-refractivity contribution is -0.128. The Morgan fingerprint density at radius 1 is 1.37 bits per heavy atom. The summed E-state index contributed by atoms with van der Waals surface area (Å²) in [6.07, 6.45) is -0.0490. The van der Waals surface area contributed by atoms with E-state index in [0.717, 1.165) is 4.90 Å². The van der Waals surface area contributed by atoms with Crippen LogP contribution in [0, 0.1) is 12.7 Å². The summed E-state index contributed by atoms with van der Waals surface area (Å²) in [6.45, 7) is 1.20. The number of nitrogens with zero attached hydrogens (tertiary/aromatic N) is 3. The van der Waals surface area contributed by atoms with Gasteiger partial charge in [0, 0.05) is 25.3 Å². The number of hydrogen-bond donors (Lipinski definition) is 0. The van der Waals surface area contributed by atoms with E-state index in [4.69, 9.17) is 16.3 Å². The maximum atomic E-state index is 13.1. The Morgan fingerprint density at radius 2 is 2.04 bits per heavy atom. The Morgan fingerprint density at radius 3 is 2.63 bits per heavy atom. The van der Waals surface area contributed by atoms with E-state index < -0.39 is 18.9 Å². The third kappa shape index (κ3) is 5.58. The van der Waals surface area contributed by atoms with Crippen molar-refractivity contribution in [3.8, 4) is 5.69 Å². The van der Waals surface area contributed by atoms with Gasteiger partial charge < -0.3 is 9.64 Å². The molecule has 0 unspecified atom stereocenters. The molecule has 2 aromatic rings. The van der Waals surface area contributed by atoms with Crippen molar-refractivity contribution in [1.29, 1.82) is 0 Å². The van der Waals surface area contributed by atoms with Crippen LogP contribution in [0.1, 0.15) is 11.3 Å². The van der Waals surface area contributed by atoms with E-state index in [-0.39, 0.29) is 24.1 Å². The standard InChI is InChI=1S/C18H19ClF3N3O2/c1-12-15(7-8-17(26)24(9-10-27-2)11-16(21)22)18(19)25(23-12)14-5-3-13(20)4-6-14/h3-8,16H,9-11H2,1-2H3/b8-7+. The van der Waals surface area contributed by atoms with Crippen LogP contribution in [0.4, 0.5) is 13.2 Å². The quantitative estimate of drug-likeness (QED) is 0.633. The highest BCUT2D eigenvalue weighted by atomic mass is 35.5. The minimum atomic E-state index is -2.65. The van der Waals surface area contributed by atoms with Crippen LogP contribution in [-0.2, 0) is 9.53 Å². The highest BCUT2D eigenvalue weighted by Crippen LogP contribution is 2.25. The number of aryl methyl sites for hydroxylation is 1. The van der Waals surface area contributed by atoms with Crippen LogP contribution in [0.3, 0.4) is 0 Å². The molecule has 1 amide bonds. The molecule has 0 bridgehead atoms. The van der Waals surface area contributed by atoms with E-state index in [9.17, 15) is 18.0 Å². The van der Waals surface area contributed by atoms with Crippen LogP contribution in [0.25, 0.3) is 11.8 Å². The Balaban J connectivity index is 2.22. The molecule has 9 heteroatoms. The number of alkyl halides is 2. The van der Waals surface area contributed by atoms with Crippen molar-refractivity contribution in [1.82, 2.24) is 14.7 Å². The maximum absolute atomic E-state index is 13.1. The molecule has 146 valence electrons. The third-order valence-electron chi connectivity index (χ3n) is 3.75. The molecule has 1 heterocycles. The Kier molecular flexibility index (Phi) is 7.44. The number of halogens is 4. The van der Waals surface area contributed by atoms with Gasteiger partial charge in [-0.2, -0.15) is 5.10 Å². The molecule has 0 radical (unpaired) electrons. The molecule has 1 aromatic heterocycles. The molecule has 0 N–H and O–H groups in total. The lowest BCUT2D eigenvalue weighted by Gasteiger charge is -2.20. The van der Waals surface area contributed by atoms with E-state index in [1.165, 1.54) is 48.2 Å². The van der Waals surface area contributed by atoms with Gasteiger partial charge in [-0.1, -0.05) is 11.6 Å². The van der Waals surface area contributed by atoms with Crippen molar-refractivity contribution < 1.29 is 22.7 Å². The largest absolute Gasteiger partial charge is 0.383 e. The predicted molar refractivity (Wildman–Crippen MR) is 96.8 cm³/mol. The van der Waals surface area contributed by atoms with E-state index in [2.05, 4.69) is 5.10 Å². The van der Waals surface area contributed by atoms with Crippen LogP contribution < -0.4 is 0 Å². The molecule has 0 saturated carbocycles. The van der Waals surface area contributed by atoms with Gasteiger partial charge in [0.05, 0.1) is 24.5 Å². The summed E-state index contributed by atoms with van der Waals surface area (Å²) < 4.78 is 44.6. The van der Waals surface area contributed by atoms with E-state index >= 15 is 0 Å². The minimum absolute atomic E-state index is 0.0472. The first-order valence-corrected chi connectivity index (χ1v) is 8.46. The van der Waals surface area contributed by atoms with Gasteiger partial charge in [0.25, 0.3) is 6.43 Å². The number of aromatic nitrogens is 2. The van der Waals surface area contributed by atoms with Crippen LogP contribution in [0.2, 0.25) is 5.15 Å². The number of ether oxygens (including phenoxy) is 1. The normalized spacial score (nSPS) is 11.5. The zero-order valence-corrected chi connectivity index (χ0v) is 15.6. The van der Waals surface area contributed by atoms with Gasteiger partial charge in [0.2, 0.25) is 5.91 Å². The first-order valence-electron chi connectivity index (χ1n) is 8.08. The lowest BCUT2D eigenvalue weighted by Crippen LogP contribution is -2.36. The monoisotopic (exact) mass is 401 g/mol. The van der Waals surface area contributed by atoms with Crippen LogP contribution in [0.15, 0.2) is 30.3 Å². The Hall–Kier alpha value is -2.32. The minimum Gasteiger partial charge on any atom is -0.383 e. The van der Waals surface area contributed by atoms with Crippen molar-refractivity contribution in [2.75, 3.05) is 26.8 Å². The number of carbonyl (C=O) groups is 1. The molecule has 0 aliphatic carbocycles. The average Bonchev–Trinajstić information content (AvgIpc) is 2.91. The molecule has 0 spiro atoms. The summed E-state index contributed by atoms with van der Waals surface area (Å²) >= 11 is 6.33. The van der Waals surface area contributed by atoms with Crippen LogP contribution in [-0.4, -0.2) is 53.8 Å². The molecule has 1 aromatic carbocycles. The zero-order chi connectivity index (χ0) is 20.0. The number of amides is 1. The van der Waals surface area contributed by atoms with E-state index in [1.54, 1.807) is 6.92 Å². The van der Waals surface area contributed by atoms with Gasteiger partial charge in [0.1, 0.15) is 11.0 Å². The van der Waals surface area contributed by atoms with Gasteiger partial charge >= 0.3 is 0 Å². The molecular formula is C18H19ClF3N3O2. The summed E-state index contributed by atoms with van der Waals surface area (Å²) in [6, 6.07) is 5.59. The van der Waals surface area contributed by atoms with Crippen molar-refractivity contribution in [2.24, 2.45) is 0 Å². The second-order valence-corrected chi connectivity index (χ2v) is 6.04. The number of carbonyl (C=O) groups excluding carboxylic acids is 1. The smallest absolute Gasteiger partial charge is 0.255 e. The average molecular weight is 402 g/mol. The first kappa shape index (κ1) is 21.0. The van der Waals surface area contributed by atoms with Crippen molar-refractivity contribution in [2.45, 2.75) is 13.3 Å². The summed E-state index contributed by atoms with van der Waals surface area (Å²) in [5.41, 5.74) is 1.55. The topological polar surface area (TPSA) is 47.4 Å². The molecule has 5 nitrogen and oxygen atoms in total. The second-order valence-electron chi connectivity index (χ2n) is 5.68. The SMILES string of the molecule is COCCN(CC(F)F)C(=O)/C=C/c1c(C)nn(-c2ccc(F)cc2)c1Cl. The fourth-order valence-corrected chi connectivity index (χ4v) is 2.71. The molecule has 27 heavy (non-hydrogen) atoms. The van der Waals surface area contributed by atoms with Gasteiger partial charge in [-0.25, -0.2) is 17.9 Å².